The Hall–Kier alpha value is -1.62. The molecule has 1 aromatic rings. The van der Waals surface area contributed by atoms with Gasteiger partial charge in [-0.05, 0) is 25.1 Å². The maximum Gasteiger partial charge on any atom is 0.167 e. The van der Waals surface area contributed by atoms with Crippen LogP contribution < -0.4 is 10.5 Å². The van der Waals surface area contributed by atoms with Gasteiger partial charge in [-0.3, -0.25) is 0 Å². The van der Waals surface area contributed by atoms with Crippen LogP contribution in [0.5, 0.6) is 5.75 Å². The third kappa shape index (κ3) is 3.67. The molecule has 1 aromatic carbocycles. The molecule has 1 aliphatic heterocycles. The molecule has 2 rings (SSSR count). The van der Waals surface area contributed by atoms with Crippen molar-refractivity contribution in [3.63, 3.8) is 0 Å². The minimum absolute atomic E-state index is 0.182. The maximum absolute atomic E-state index is 13.7. The maximum atomic E-state index is 13.7. The van der Waals surface area contributed by atoms with Crippen molar-refractivity contribution in [3.05, 3.63) is 47.5 Å². The molecule has 0 spiro atoms. The quantitative estimate of drug-likeness (QED) is 0.844. The van der Waals surface area contributed by atoms with Crippen molar-refractivity contribution in [2.45, 2.75) is 13.0 Å². The van der Waals surface area contributed by atoms with Crippen LogP contribution in [0.3, 0.4) is 0 Å². The zero-order valence-electron chi connectivity index (χ0n) is 11.0. The molecule has 102 valence electrons. The van der Waals surface area contributed by atoms with Gasteiger partial charge in [-0.25, -0.2) is 4.39 Å². The van der Waals surface area contributed by atoms with E-state index >= 15 is 0 Å². The van der Waals surface area contributed by atoms with Gasteiger partial charge < -0.3 is 15.4 Å². The summed E-state index contributed by atoms with van der Waals surface area (Å²) in [4.78, 5) is 2.10. The minimum Gasteiger partial charge on any atom is -0.454 e. The van der Waals surface area contributed by atoms with E-state index in [2.05, 4.69) is 11.8 Å². The van der Waals surface area contributed by atoms with E-state index in [9.17, 15) is 4.39 Å². The molecule has 0 saturated heterocycles. The molecule has 1 unspecified atom stereocenters. The van der Waals surface area contributed by atoms with Gasteiger partial charge in [0.1, 0.15) is 5.76 Å². The summed E-state index contributed by atoms with van der Waals surface area (Å²) in [6.07, 6.45) is 3.77. The van der Waals surface area contributed by atoms with Crippen molar-refractivity contribution in [2.75, 3.05) is 18.5 Å². The zero-order valence-corrected chi connectivity index (χ0v) is 11.8. The first-order valence-electron chi connectivity index (χ1n) is 6.01. The van der Waals surface area contributed by atoms with Gasteiger partial charge in [-0.2, -0.15) is 0 Å². The number of hydrogen-bond donors (Lipinski definition) is 1. The van der Waals surface area contributed by atoms with Crippen molar-refractivity contribution in [2.24, 2.45) is 0 Å². The van der Waals surface area contributed by atoms with Gasteiger partial charge in [0.2, 0.25) is 0 Å². The number of nitrogens with zero attached hydrogens (tertiary/aromatic N) is 1. The van der Waals surface area contributed by atoms with Crippen molar-refractivity contribution >= 4 is 17.4 Å². The van der Waals surface area contributed by atoms with Gasteiger partial charge in [0, 0.05) is 42.2 Å². The van der Waals surface area contributed by atoms with E-state index < -0.39 is 5.82 Å². The number of anilines is 1. The van der Waals surface area contributed by atoms with Crippen LogP contribution in [0, 0.1) is 5.82 Å². The first-order chi connectivity index (χ1) is 9.06. The third-order valence-electron chi connectivity index (χ3n) is 2.89. The number of nitrogen functional groups attached to an aromatic ring is 1. The van der Waals surface area contributed by atoms with E-state index in [1.807, 2.05) is 24.7 Å². The average Bonchev–Trinajstić information content (AvgIpc) is 2.36. The summed E-state index contributed by atoms with van der Waals surface area (Å²) >= 11 is 1.65. The smallest absolute Gasteiger partial charge is 0.167 e. The molecular formula is C14H17FN2OS. The van der Waals surface area contributed by atoms with Crippen molar-refractivity contribution in [3.8, 4) is 5.75 Å². The van der Waals surface area contributed by atoms with Gasteiger partial charge >= 0.3 is 0 Å². The number of benzene rings is 1. The highest BCUT2D eigenvalue weighted by Gasteiger charge is 2.10. The number of thioether (sulfide) groups is 1. The van der Waals surface area contributed by atoms with Crippen LogP contribution >= 0.6 is 11.8 Å². The van der Waals surface area contributed by atoms with Gasteiger partial charge in [-0.1, -0.05) is 0 Å². The van der Waals surface area contributed by atoms with Gasteiger partial charge in [0.25, 0.3) is 0 Å². The summed E-state index contributed by atoms with van der Waals surface area (Å²) in [5.74, 6) is 1.30. The molecule has 1 atom stereocenters. The Labute approximate surface area is 116 Å². The van der Waals surface area contributed by atoms with E-state index in [1.165, 1.54) is 12.1 Å². The Morgan fingerprint density at radius 3 is 3.00 bits per heavy atom. The largest absolute Gasteiger partial charge is 0.454 e. The van der Waals surface area contributed by atoms with Crippen LogP contribution in [0.2, 0.25) is 0 Å². The van der Waals surface area contributed by atoms with E-state index in [0.29, 0.717) is 17.5 Å². The van der Waals surface area contributed by atoms with E-state index in [1.54, 1.807) is 17.8 Å². The number of allylic oxidation sites excluding steroid dienone is 1. The lowest BCUT2D eigenvalue weighted by atomic mass is 10.3. The second kappa shape index (κ2) is 6.02. The predicted molar refractivity (Wildman–Crippen MR) is 78.3 cm³/mol. The molecule has 0 bridgehead atoms. The Balaban J connectivity index is 2.14. The number of hydrogen-bond acceptors (Lipinski definition) is 4. The lowest BCUT2D eigenvalue weighted by Crippen LogP contribution is -2.26. The zero-order chi connectivity index (χ0) is 13.8. The SMILES string of the molecule is CC1CSC=C(Oc2ccc(N)cc2F)C=CN1C. The molecule has 19 heavy (non-hydrogen) atoms. The number of rotatable bonds is 2. The Bertz CT molecular complexity index is 516. The van der Waals surface area contributed by atoms with Crippen LogP contribution in [0.1, 0.15) is 6.92 Å². The topological polar surface area (TPSA) is 38.5 Å². The van der Waals surface area contributed by atoms with Gasteiger partial charge in [-0.15, -0.1) is 11.8 Å². The molecule has 0 amide bonds. The molecule has 5 heteroatoms. The molecule has 0 radical (unpaired) electrons. The lowest BCUT2D eigenvalue weighted by Gasteiger charge is -2.24. The standard InChI is InChI=1S/C14H17FN2OS/c1-10-8-19-9-12(5-6-17(10)2)18-14-4-3-11(16)7-13(14)15/h3-7,9-10H,8,16H2,1-2H3. The van der Waals surface area contributed by atoms with Gasteiger partial charge in [0.05, 0.1) is 0 Å². The summed E-state index contributed by atoms with van der Waals surface area (Å²) < 4.78 is 19.2. The molecule has 1 aliphatic rings. The third-order valence-corrected chi connectivity index (χ3v) is 3.96. The highest BCUT2D eigenvalue weighted by Crippen LogP contribution is 2.24. The highest BCUT2D eigenvalue weighted by atomic mass is 32.2. The van der Waals surface area contributed by atoms with Crippen LogP contribution in [-0.2, 0) is 0 Å². The second-order valence-electron chi connectivity index (χ2n) is 4.48. The summed E-state index contributed by atoms with van der Waals surface area (Å²) in [6.45, 7) is 2.15. The fraction of sp³-hybridized carbons (Fsp3) is 0.286. The molecule has 0 fully saturated rings. The predicted octanol–water partition coefficient (Wildman–Crippen LogP) is 3.21. The number of ether oxygens (including phenoxy) is 1. The normalized spacial score (nSPS) is 19.6. The summed E-state index contributed by atoms with van der Waals surface area (Å²) in [5, 5.41) is 1.90. The van der Waals surface area contributed by atoms with Gasteiger partial charge in [0.15, 0.2) is 11.6 Å². The Morgan fingerprint density at radius 1 is 1.47 bits per heavy atom. The van der Waals surface area contributed by atoms with Crippen molar-refractivity contribution < 1.29 is 9.13 Å². The average molecular weight is 280 g/mol. The van der Waals surface area contributed by atoms with Crippen molar-refractivity contribution in [1.82, 2.24) is 4.90 Å². The summed E-state index contributed by atoms with van der Waals surface area (Å²) in [5.41, 5.74) is 5.89. The first-order valence-corrected chi connectivity index (χ1v) is 7.06. The van der Waals surface area contributed by atoms with E-state index in [0.717, 1.165) is 5.75 Å². The van der Waals surface area contributed by atoms with Crippen LogP contribution in [0.4, 0.5) is 10.1 Å². The fourth-order valence-corrected chi connectivity index (χ4v) is 2.45. The molecule has 1 heterocycles. The summed E-state index contributed by atoms with van der Waals surface area (Å²) in [6, 6.07) is 4.86. The van der Waals surface area contributed by atoms with Crippen LogP contribution in [-0.4, -0.2) is 23.7 Å². The minimum atomic E-state index is -0.455. The highest BCUT2D eigenvalue weighted by molar-refractivity contribution is 8.02. The lowest BCUT2D eigenvalue weighted by molar-refractivity contribution is 0.372. The summed E-state index contributed by atoms with van der Waals surface area (Å²) in [7, 11) is 2.01. The number of halogens is 1. The van der Waals surface area contributed by atoms with E-state index in [4.69, 9.17) is 10.5 Å². The Morgan fingerprint density at radius 2 is 2.26 bits per heavy atom. The fourth-order valence-electron chi connectivity index (χ4n) is 1.55. The second-order valence-corrected chi connectivity index (χ2v) is 5.38. The molecule has 0 aromatic heterocycles. The molecule has 0 aliphatic carbocycles. The number of nitrogens with two attached hydrogens (primary N) is 1. The Kier molecular flexibility index (Phi) is 4.37. The monoisotopic (exact) mass is 280 g/mol. The van der Waals surface area contributed by atoms with E-state index in [-0.39, 0.29) is 5.75 Å². The molecular weight excluding hydrogens is 263 g/mol. The molecule has 3 nitrogen and oxygen atoms in total. The first kappa shape index (κ1) is 13.8. The van der Waals surface area contributed by atoms with Crippen LogP contribution in [0.25, 0.3) is 0 Å². The van der Waals surface area contributed by atoms with Crippen molar-refractivity contribution in [1.29, 1.82) is 0 Å². The molecule has 2 N–H and O–H groups in total. The molecule has 0 saturated carbocycles. The van der Waals surface area contributed by atoms with Crippen LogP contribution in [0.15, 0.2) is 41.6 Å².